The first-order valence-corrected chi connectivity index (χ1v) is 10.6. The Labute approximate surface area is 182 Å². The normalized spacial score (nSPS) is 23.0. The number of rotatable bonds is 13. The van der Waals surface area contributed by atoms with Crippen LogP contribution in [0.4, 0.5) is 0 Å². The SMILES string of the molecule is COC(=O)CCCCCCCCO[C@@H]1OC[C@@H](OC(C)=O)[C@H](OC(C)=O)[C@H]1OC(C)=O. The molecular formula is C21H34O10. The predicted octanol–water partition coefficient (Wildman–Crippen LogP) is 2.06. The molecule has 0 N–H and O–H groups in total. The van der Waals surface area contributed by atoms with E-state index in [4.69, 9.17) is 23.7 Å². The maximum absolute atomic E-state index is 11.6. The fourth-order valence-electron chi connectivity index (χ4n) is 3.23. The van der Waals surface area contributed by atoms with Gasteiger partial charge in [0, 0.05) is 33.8 Å². The van der Waals surface area contributed by atoms with Gasteiger partial charge in [0.05, 0.1) is 13.7 Å². The van der Waals surface area contributed by atoms with E-state index >= 15 is 0 Å². The lowest BCUT2D eigenvalue weighted by Gasteiger charge is -2.40. The molecule has 0 amide bonds. The average Bonchev–Trinajstić information content (AvgIpc) is 2.69. The zero-order valence-corrected chi connectivity index (χ0v) is 18.8. The molecule has 1 aliphatic heterocycles. The molecule has 0 radical (unpaired) electrons. The third-order valence-electron chi connectivity index (χ3n) is 4.59. The number of esters is 4. The van der Waals surface area contributed by atoms with Crippen LogP contribution in [-0.4, -0.2) is 68.8 Å². The molecule has 0 aromatic rings. The lowest BCUT2D eigenvalue weighted by Crippen LogP contribution is -2.58. The highest BCUT2D eigenvalue weighted by molar-refractivity contribution is 5.69. The Balaban J connectivity index is 2.48. The molecule has 0 saturated carbocycles. The van der Waals surface area contributed by atoms with E-state index in [2.05, 4.69) is 4.74 Å². The van der Waals surface area contributed by atoms with Crippen LogP contribution >= 0.6 is 0 Å². The summed E-state index contributed by atoms with van der Waals surface area (Å²) in [6, 6.07) is 0. The number of carbonyl (C=O) groups is 4. The Morgan fingerprint density at radius 3 is 1.90 bits per heavy atom. The van der Waals surface area contributed by atoms with Gasteiger partial charge in [0.2, 0.25) is 0 Å². The summed E-state index contributed by atoms with van der Waals surface area (Å²) in [4.78, 5) is 45.5. The van der Waals surface area contributed by atoms with E-state index in [9.17, 15) is 19.2 Å². The molecule has 1 saturated heterocycles. The number of methoxy groups -OCH3 is 1. The van der Waals surface area contributed by atoms with Crippen molar-refractivity contribution in [2.45, 2.75) is 90.3 Å². The second-order valence-corrected chi connectivity index (χ2v) is 7.32. The van der Waals surface area contributed by atoms with Gasteiger partial charge < -0.3 is 28.4 Å². The number of ether oxygens (including phenoxy) is 6. The summed E-state index contributed by atoms with van der Waals surface area (Å²) in [6.45, 7) is 3.96. The average molecular weight is 446 g/mol. The Hall–Kier alpha value is -2.20. The highest BCUT2D eigenvalue weighted by Gasteiger charge is 2.47. The molecule has 0 unspecified atom stereocenters. The van der Waals surface area contributed by atoms with Crippen molar-refractivity contribution in [2.24, 2.45) is 0 Å². The lowest BCUT2D eigenvalue weighted by atomic mass is 10.0. The molecule has 0 aromatic heterocycles. The third-order valence-corrected chi connectivity index (χ3v) is 4.59. The van der Waals surface area contributed by atoms with Crippen LogP contribution in [0.25, 0.3) is 0 Å². The fraction of sp³-hybridized carbons (Fsp3) is 0.810. The molecular weight excluding hydrogens is 412 g/mol. The molecule has 0 aliphatic carbocycles. The Morgan fingerprint density at radius 1 is 0.774 bits per heavy atom. The van der Waals surface area contributed by atoms with Crippen LogP contribution in [0, 0.1) is 0 Å². The topological polar surface area (TPSA) is 124 Å². The second-order valence-electron chi connectivity index (χ2n) is 7.32. The van der Waals surface area contributed by atoms with E-state index in [-0.39, 0.29) is 12.6 Å². The smallest absolute Gasteiger partial charge is 0.305 e. The molecule has 10 heteroatoms. The van der Waals surface area contributed by atoms with Crippen molar-refractivity contribution in [1.82, 2.24) is 0 Å². The van der Waals surface area contributed by atoms with Crippen molar-refractivity contribution >= 4 is 23.9 Å². The van der Waals surface area contributed by atoms with Gasteiger partial charge >= 0.3 is 23.9 Å². The van der Waals surface area contributed by atoms with E-state index in [1.54, 1.807) is 0 Å². The van der Waals surface area contributed by atoms with E-state index in [1.807, 2.05) is 0 Å². The molecule has 0 bridgehead atoms. The van der Waals surface area contributed by atoms with Crippen molar-refractivity contribution in [3.63, 3.8) is 0 Å². The maximum atomic E-state index is 11.6. The van der Waals surface area contributed by atoms with Gasteiger partial charge in [-0.15, -0.1) is 0 Å². The van der Waals surface area contributed by atoms with Crippen LogP contribution < -0.4 is 0 Å². The molecule has 0 aromatic carbocycles. The molecule has 1 rings (SSSR count). The summed E-state index contributed by atoms with van der Waals surface area (Å²) < 4.78 is 31.7. The van der Waals surface area contributed by atoms with Gasteiger partial charge in [0.25, 0.3) is 0 Å². The van der Waals surface area contributed by atoms with Gasteiger partial charge in [-0.2, -0.15) is 0 Å². The monoisotopic (exact) mass is 446 g/mol. The van der Waals surface area contributed by atoms with Crippen LogP contribution in [0.5, 0.6) is 0 Å². The Morgan fingerprint density at radius 2 is 1.32 bits per heavy atom. The highest BCUT2D eigenvalue weighted by Crippen LogP contribution is 2.25. The molecule has 31 heavy (non-hydrogen) atoms. The molecule has 1 aliphatic rings. The number of hydrogen-bond acceptors (Lipinski definition) is 10. The molecule has 1 heterocycles. The first-order valence-electron chi connectivity index (χ1n) is 10.6. The van der Waals surface area contributed by atoms with Crippen molar-refractivity contribution in [1.29, 1.82) is 0 Å². The van der Waals surface area contributed by atoms with E-state index in [0.29, 0.717) is 13.0 Å². The zero-order chi connectivity index (χ0) is 23.2. The van der Waals surface area contributed by atoms with Crippen molar-refractivity contribution in [2.75, 3.05) is 20.3 Å². The maximum Gasteiger partial charge on any atom is 0.305 e. The lowest BCUT2D eigenvalue weighted by molar-refractivity contribution is -0.281. The number of hydrogen-bond donors (Lipinski definition) is 0. The zero-order valence-electron chi connectivity index (χ0n) is 18.8. The molecule has 1 fully saturated rings. The quantitative estimate of drug-likeness (QED) is 0.236. The van der Waals surface area contributed by atoms with E-state index in [0.717, 1.165) is 38.5 Å². The molecule has 4 atom stereocenters. The first-order chi connectivity index (χ1) is 14.7. The summed E-state index contributed by atoms with van der Waals surface area (Å²) in [6.07, 6.45) is 1.95. The summed E-state index contributed by atoms with van der Waals surface area (Å²) in [7, 11) is 1.38. The van der Waals surface area contributed by atoms with Crippen LogP contribution in [0.15, 0.2) is 0 Å². The standard InChI is InChI=1S/C21H34O10/c1-14(22)29-17-13-28-21(20(31-16(3)24)19(17)30-15(2)23)27-12-10-8-6-5-7-9-11-18(25)26-4/h17,19-21H,5-13H2,1-4H3/t17-,19+,20-,21-/m1/s1. The highest BCUT2D eigenvalue weighted by atomic mass is 16.7. The second kappa shape index (κ2) is 14.7. The van der Waals surface area contributed by atoms with Gasteiger partial charge in [-0.1, -0.05) is 25.7 Å². The number of unbranched alkanes of at least 4 members (excludes halogenated alkanes) is 5. The van der Waals surface area contributed by atoms with E-state index < -0.39 is 42.5 Å². The Bertz CT molecular complexity index is 591. The Kier molecular flexibility index (Phi) is 12.8. The van der Waals surface area contributed by atoms with Gasteiger partial charge in [0.15, 0.2) is 24.6 Å². The summed E-state index contributed by atoms with van der Waals surface area (Å²) in [5, 5.41) is 0. The van der Waals surface area contributed by atoms with Gasteiger partial charge in [-0.3, -0.25) is 19.2 Å². The van der Waals surface area contributed by atoms with Crippen LogP contribution in [0.1, 0.15) is 65.7 Å². The van der Waals surface area contributed by atoms with Crippen molar-refractivity contribution < 1.29 is 47.6 Å². The van der Waals surface area contributed by atoms with Crippen molar-refractivity contribution in [3.05, 3.63) is 0 Å². The first kappa shape index (κ1) is 26.8. The fourth-order valence-corrected chi connectivity index (χ4v) is 3.23. The molecule has 10 nitrogen and oxygen atoms in total. The van der Waals surface area contributed by atoms with Crippen molar-refractivity contribution in [3.8, 4) is 0 Å². The van der Waals surface area contributed by atoms with Crippen LogP contribution in [0.3, 0.4) is 0 Å². The minimum Gasteiger partial charge on any atom is -0.469 e. The molecule has 178 valence electrons. The van der Waals surface area contributed by atoms with Crippen LogP contribution in [0.2, 0.25) is 0 Å². The number of carbonyl (C=O) groups excluding carboxylic acids is 4. The largest absolute Gasteiger partial charge is 0.469 e. The van der Waals surface area contributed by atoms with Gasteiger partial charge in [0.1, 0.15) is 0 Å². The summed E-state index contributed by atoms with van der Waals surface area (Å²) in [5.41, 5.74) is 0. The minimum atomic E-state index is -1.06. The summed E-state index contributed by atoms with van der Waals surface area (Å²) in [5.74, 6) is -1.97. The van der Waals surface area contributed by atoms with E-state index in [1.165, 1.54) is 27.9 Å². The van der Waals surface area contributed by atoms with Gasteiger partial charge in [-0.25, -0.2) is 0 Å². The minimum absolute atomic E-state index is 0.0554. The third kappa shape index (κ3) is 11.1. The van der Waals surface area contributed by atoms with Crippen LogP contribution in [-0.2, 0) is 47.6 Å². The predicted molar refractivity (Wildman–Crippen MR) is 107 cm³/mol. The van der Waals surface area contributed by atoms with Gasteiger partial charge in [-0.05, 0) is 12.8 Å². The summed E-state index contributed by atoms with van der Waals surface area (Å²) >= 11 is 0. The molecule has 0 spiro atoms.